The van der Waals surface area contributed by atoms with Crippen LogP contribution >= 0.6 is 46.9 Å². The van der Waals surface area contributed by atoms with Gasteiger partial charge in [0, 0.05) is 36.2 Å². The second-order valence-electron chi connectivity index (χ2n) is 5.61. The molecule has 138 valence electrons. The number of halogens is 2. The molecule has 1 aromatic heterocycles. The van der Waals surface area contributed by atoms with E-state index in [4.69, 9.17) is 11.6 Å². The molecule has 0 aliphatic rings. The summed E-state index contributed by atoms with van der Waals surface area (Å²) in [6, 6.07) is 7.94. The number of rotatable bonds is 8. The Morgan fingerprint density at radius 1 is 1.16 bits per heavy atom. The number of aliphatic imine (C=N–C) groups is 1. The smallest absolute Gasteiger partial charge is 0.190 e. The van der Waals surface area contributed by atoms with E-state index in [1.54, 1.807) is 18.4 Å². The summed E-state index contributed by atoms with van der Waals surface area (Å²) in [4.78, 5) is 8.74. The van der Waals surface area contributed by atoms with E-state index in [9.17, 15) is 0 Å². The topological polar surface area (TPSA) is 49.3 Å². The van der Waals surface area contributed by atoms with Gasteiger partial charge in [-0.05, 0) is 44.2 Å². The third-order valence-electron chi connectivity index (χ3n) is 3.64. The number of unbranched alkanes of at least 4 members (excludes halogenated alkanes) is 1. The zero-order chi connectivity index (χ0) is 17.2. The summed E-state index contributed by atoms with van der Waals surface area (Å²) in [6.45, 7) is 3.76. The number of nitrogens with one attached hydrogen (secondary N) is 2. The van der Waals surface area contributed by atoms with Crippen molar-refractivity contribution in [3.63, 3.8) is 0 Å². The van der Waals surface area contributed by atoms with E-state index in [2.05, 4.69) is 32.1 Å². The molecule has 1 heterocycles. The van der Waals surface area contributed by atoms with Gasteiger partial charge in [0.25, 0.3) is 0 Å². The summed E-state index contributed by atoms with van der Waals surface area (Å²) in [5, 5.41) is 10.8. The van der Waals surface area contributed by atoms with Gasteiger partial charge in [0.1, 0.15) is 0 Å². The van der Waals surface area contributed by atoms with Crippen LogP contribution in [0.2, 0.25) is 5.02 Å². The molecule has 2 aromatic rings. The molecule has 0 aliphatic heterocycles. The Bertz CT molecular complexity index is 660. The zero-order valence-corrected chi connectivity index (χ0v) is 18.6. The molecule has 0 amide bonds. The predicted molar refractivity (Wildman–Crippen MR) is 120 cm³/mol. The summed E-state index contributed by atoms with van der Waals surface area (Å²) in [5.41, 5.74) is 2.28. The third-order valence-corrected chi connectivity index (χ3v) is 5.04. The van der Waals surface area contributed by atoms with Crippen molar-refractivity contribution in [1.29, 1.82) is 0 Å². The molecule has 0 fully saturated rings. The van der Waals surface area contributed by atoms with Gasteiger partial charge in [-0.3, -0.25) is 4.99 Å². The zero-order valence-electron chi connectivity index (χ0n) is 14.7. The first-order chi connectivity index (χ1) is 11.7. The van der Waals surface area contributed by atoms with Crippen LogP contribution in [0.5, 0.6) is 0 Å². The van der Waals surface area contributed by atoms with Gasteiger partial charge in [-0.1, -0.05) is 29.8 Å². The van der Waals surface area contributed by atoms with Crippen molar-refractivity contribution in [3.05, 3.63) is 50.9 Å². The van der Waals surface area contributed by atoms with Crippen molar-refractivity contribution in [3.8, 4) is 0 Å². The first-order valence-electron chi connectivity index (χ1n) is 8.28. The van der Waals surface area contributed by atoms with Crippen LogP contribution in [0, 0.1) is 6.92 Å². The number of thiazole rings is 1. The molecule has 0 spiro atoms. The van der Waals surface area contributed by atoms with Crippen LogP contribution < -0.4 is 10.6 Å². The van der Waals surface area contributed by atoms with Crippen LogP contribution in [-0.2, 0) is 12.8 Å². The SMILES string of the molecule is CN=C(NCCCCc1nc(C)cs1)NCCc1ccccc1Cl.I. The molecule has 0 saturated carbocycles. The predicted octanol–water partition coefficient (Wildman–Crippen LogP) is 4.45. The van der Waals surface area contributed by atoms with Gasteiger partial charge in [-0.15, -0.1) is 35.3 Å². The van der Waals surface area contributed by atoms with Gasteiger partial charge in [0.15, 0.2) is 5.96 Å². The highest BCUT2D eigenvalue weighted by molar-refractivity contribution is 14.0. The lowest BCUT2D eigenvalue weighted by atomic mass is 10.1. The van der Waals surface area contributed by atoms with E-state index in [0.717, 1.165) is 61.0 Å². The quantitative estimate of drug-likeness (QED) is 0.248. The molecule has 0 radical (unpaired) electrons. The number of aromatic nitrogens is 1. The van der Waals surface area contributed by atoms with Gasteiger partial charge in [-0.25, -0.2) is 4.98 Å². The fourth-order valence-corrected chi connectivity index (χ4v) is 3.41. The molecule has 2 N–H and O–H groups in total. The Morgan fingerprint density at radius 2 is 1.92 bits per heavy atom. The molecule has 2 rings (SSSR count). The Kier molecular flexibility index (Phi) is 11.1. The van der Waals surface area contributed by atoms with E-state index in [-0.39, 0.29) is 24.0 Å². The summed E-state index contributed by atoms with van der Waals surface area (Å²) >= 11 is 7.92. The fourth-order valence-electron chi connectivity index (χ4n) is 2.36. The second kappa shape index (κ2) is 12.5. The molecule has 1 aromatic carbocycles. The standard InChI is InChI=1S/C18H25ClN4S.HI/c1-14-13-24-17(23-14)9-5-6-11-21-18(20-2)22-12-10-15-7-3-4-8-16(15)19;/h3-4,7-8,13H,5-6,9-12H2,1-2H3,(H2,20,21,22);1H. The molecular formula is C18H26ClIN4S. The lowest BCUT2D eigenvalue weighted by Gasteiger charge is -2.12. The van der Waals surface area contributed by atoms with Gasteiger partial charge in [-0.2, -0.15) is 0 Å². The summed E-state index contributed by atoms with van der Waals surface area (Å²) in [7, 11) is 1.79. The fraction of sp³-hybridized carbons (Fsp3) is 0.444. The van der Waals surface area contributed by atoms with Crippen molar-refractivity contribution < 1.29 is 0 Å². The van der Waals surface area contributed by atoms with E-state index >= 15 is 0 Å². The average molecular weight is 493 g/mol. The van der Waals surface area contributed by atoms with Crippen molar-refractivity contribution in [1.82, 2.24) is 15.6 Å². The number of hydrogen-bond donors (Lipinski definition) is 2. The van der Waals surface area contributed by atoms with Crippen LogP contribution in [0.4, 0.5) is 0 Å². The molecule has 0 saturated heterocycles. The minimum Gasteiger partial charge on any atom is -0.356 e. The van der Waals surface area contributed by atoms with E-state index < -0.39 is 0 Å². The summed E-state index contributed by atoms with van der Waals surface area (Å²) in [5.74, 6) is 0.840. The van der Waals surface area contributed by atoms with E-state index in [0.29, 0.717) is 0 Å². The third kappa shape index (κ3) is 8.37. The number of hydrogen-bond acceptors (Lipinski definition) is 3. The highest BCUT2D eigenvalue weighted by Crippen LogP contribution is 2.14. The van der Waals surface area contributed by atoms with Gasteiger partial charge in [0.2, 0.25) is 0 Å². The summed E-state index contributed by atoms with van der Waals surface area (Å²) < 4.78 is 0. The van der Waals surface area contributed by atoms with Gasteiger partial charge >= 0.3 is 0 Å². The lowest BCUT2D eigenvalue weighted by molar-refractivity contribution is 0.691. The van der Waals surface area contributed by atoms with Crippen molar-refractivity contribution in [2.45, 2.75) is 32.6 Å². The molecule has 7 heteroatoms. The Morgan fingerprint density at radius 3 is 2.60 bits per heavy atom. The molecular weight excluding hydrogens is 467 g/mol. The number of nitrogens with zero attached hydrogens (tertiary/aromatic N) is 2. The van der Waals surface area contributed by atoms with Crippen LogP contribution in [0.25, 0.3) is 0 Å². The van der Waals surface area contributed by atoms with E-state index in [1.807, 2.05) is 25.1 Å². The molecule has 25 heavy (non-hydrogen) atoms. The number of guanidine groups is 1. The van der Waals surface area contributed by atoms with Crippen LogP contribution in [0.15, 0.2) is 34.6 Å². The normalized spacial score (nSPS) is 11.1. The minimum atomic E-state index is 0. The monoisotopic (exact) mass is 492 g/mol. The van der Waals surface area contributed by atoms with Gasteiger partial charge in [0.05, 0.1) is 5.01 Å². The second-order valence-corrected chi connectivity index (χ2v) is 6.96. The Hall–Kier alpha value is -0.860. The minimum absolute atomic E-state index is 0. The largest absolute Gasteiger partial charge is 0.356 e. The maximum atomic E-state index is 6.17. The van der Waals surface area contributed by atoms with E-state index in [1.165, 1.54) is 5.01 Å². The first-order valence-corrected chi connectivity index (χ1v) is 9.53. The lowest BCUT2D eigenvalue weighted by Crippen LogP contribution is -2.38. The van der Waals surface area contributed by atoms with Crippen molar-refractivity contribution >= 4 is 52.9 Å². The van der Waals surface area contributed by atoms with Crippen molar-refractivity contribution in [2.24, 2.45) is 4.99 Å². The first kappa shape index (κ1) is 22.2. The highest BCUT2D eigenvalue weighted by atomic mass is 127. The number of aryl methyl sites for hydroxylation is 2. The van der Waals surface area contributed by atoms with Gasteiger partial charge < -0.3 is 10.6 Å². The Balaban J connectivity index is 0.00000312. The van der Waals surface area contributed by atoms with Crippen LogP contribution in [0.3, 0.4) is 0 Å². The maximum absolute atomic E-state index is 6.17. The molecule has 0 aliphatic carbocycles. The molecule has 4 nitrogen and oxygen atoms in total. The van der Waals surface area contributed by atoms with Crippen molar-refractivity contribution in [2.75, 3.05) is 20.1 Å². The average Bonchev–Trinajstić information content (AvgIpc) is 3.00. The van der Waals surface area contributed by atoms with Crippen LogP contribution in [-0.4, -0.2) is 31.1 Å². The Labute approximate surface area is 176 Å². The molecule has 0 bridgehead atoms. The molecule has 0 unspecified atom stereocenters. The molecule has 0 atom stereocenters. The maximum Gasteiger partial charge on any atom is 0.190 e. The van der Waals surface area contributed by atoms with Crippen LogP contribution in [0.1, 0.15) is 29.1 Å². The highest BCUT2D eigenvalue weighted by Gasteiger charge is 2.02. The summed E-state index contributed by atoms with van der Waals surface area (Å²) in [6.07, 6.45) is 4.17. The number of benzene rings is 1.